The minimum atomic E-state index is -0.0639. The fourth-order valence-electron chi connectivity index (χ4n) is 1.20. The predicted octanol–water partition coefficient (Wildman–Crippen LogP) is 3.46. The number of ether oxygens (including phenoxy) is 1. The van der Waals surface area contributed by atoms with Gasteiger partial charge in [-0.15, -0.1) is 0 Å². The second kappa shape index (κ2) is 8.79. The molecular weight excluding hydrogens is 176 g/mol. The summed E-state index contributed by atoms with van der Waals surface area (Å²) in [4.78, 5) is 11.1. The first kappa shape index (κ1) is 13.2. The summed E-state index contributed by atoms with van der Waals surface area (Å²) in [6.07, 6.45) is 9.15. The SMILES string of the molecule is CC=CCCCCCC(=O)OC(C)C. The van der Waals surface area contributed by atoms with Gasteiger partial charge in [0.2, 0.25) is 0 Å². The zero-order valence-electron chi connectivity index (χ0n) is 9.58. The van der Waals surface area contributed by atoms with Gasteiger partial charge in [-0.2, -0.15) is 0 Å². The summed E-state index contributed by atoms with van der Waals surface area (Å²) in [7, 11) is 0. The molecule has 0 radical (unpaired) electrons. The molecule has 0 bridgehead atoms. The van der Waals surface area contributed by atoms with Crippen molar-refractivity contribution < 1.29 is 9.53 Å². The number of hydrogen-bond acceptors (Lipinski definition) is 2. The van der Waals surface area contributed by atoms with Gasteiger partial charge in [-0.1, -0.05) is 18.6 Å². The third-order valence-corrected chi connectivity index (χ3v) is 1.85. The Morgan fingerprint density at radius 1 is 1.29 bits per heavy atom. The van der Waals surface area contributed by atoms with Crippen molar-refractivity contribution in [2.75, 3.05) is 0 Å². The van der Waals surface area contributed by atoms with Gasteiger partial charge in [0.15, 0.2) is 0 Å². The van der Waals surface area contributed by atoms with E-state index < -0.39 is 0 Å². The van der Waals surface area contributed by atoms with Crippen LogP contribution in [0.2, 0.25) is 0 Å². The van der Waals surface area contributed by atoms with Crippen LogP contribution in [0.25, 0.3) is 0 Å². The van der Waals surface area contributed by atoms with Gasteiger partial charge >= 0.3 is 5.97 Å². The Kier molecular flexibility index (Phi) is 8.30. The molecule has 0 aromatic rings. The Labute approximate surface area is 87.3 Å². The number of carbonyl (C=O) groups is 1. The fourth-order valence-corrected chi connectivity index (χ4v) is 1.20. The van der Waals surface area contributed by atoms with Gasteiger partial charge in [-0.05, 0) is 40.0 Å². The summed E-state index contributed by atoms with van der Waals surface area (Å²) in [6, 6.07) is 0. The third-order valence-electron chi connectivity index (χ3n) is 1.85. The van der Waals surface area contributed by atoms with Crippen LogP contribution in [0.5, 0.6) is 0 Å². The fraction of sp³-hybridized carbons (Fsp3) is 0.750. The second-order valence-electron chi connectivity index (χ2n) is 3.71. The Morgan fingerprint density at radius 2 is 2.00 bits per heavy atom. The molecule has 0 atom stereocenters. The normalized spacial score (nSPS) is 11.1. The van der Waals surface area contributed by atoms with Gasteiger partial charge in [-0.3, -0.25) is 4.79 Å². The van der Waals surface area contributed by atoms with E-state index in [4.69, 9.17) is 4.74 Å². The minimum Gasteiger partial charge on any atom is -0.463 e. The average molecular weight is 198 g/mol. The number of unbranched alkanes of at least 4 members (excludes halogenated alkanes) is 3. The van der Waals surface area contributed by atoms with Gasteiger partial charge < -0.3 is 4.74 Å². The van der Waals surface area contributed by atoms with Crippen molar-refractivity contribution in [2.45, 2.75) is 59.0 Å². The lowest BCUT2D eigenvalue weighted by Gasteiger charge is -2.06. The van der Waals surface area contributed by atoms with Crippen molar-refractivity contribution in [3.8, 4) is 0 Å². The molecule has 0 aliphatic carbocycles. The summed E-state index contributed by atoms with van der Waals surface area (Å²) < 4.78 is 5.02. The highest BCUT2D eigenvalue weighted by Crippen LogP contribution is 2.05. The van der Waals surface area contributed by atoms with E-state index in [0.29, 0.717) is 6.42 Å². The molecule has 0 aromatic heterocycles. The van der Waals surface area contributed by atoms with Crippen LogP contribution in [-0.2, 0) is 9.53 Å². The van der Waals surface area contributed by atoms with Crippen molar-refractivity contribution in [3.05, 3.63) is 12.2 Å². The molecule has 0 rings (SSSR count). The predicted molar refractivity (Wildman–Crippen MR) is 59.1 cm³/mol. The zero-order chi connectivity index (χ0) is 10.8. The quantitative estimate of drug-likeness (QED) is 0.356. The maximum absolute atomic E-state index is 11.1. The summed E-state index contributed by atoms with van der Waals surface area (Å²) in [5.41, 5.74) is 0. The van der Waals surface area contributed by atoms with Crippen molar-refractivity contribution >= 4 is 5.97 Å². The van der Waals surface area contributed by atoms with Crippen LogP contribution >= 0.6 is 0 Å². The smallest absolute Gasteiger partial charge is 0.306 e. The molecular formula is C12H22O2. The molecule has 0 unspecified atom stereocenters. The zero-order valence-corrected chi connectivity index (χ0v) is 9.58. The maximum Gasteiger partial charge on any atom is 0.306 e. The highest BCUT2D eigenvalue weighted by Gasteiger charge is 2.03. The first-order chi connectivity index (χ1) is 6.66. The van der Waals surface area contributed by atoms with Crippen LogP contribution in [0.15, 0.2) is 12.2 Å². The maximum atomic E-state index is 11.1. The molecule has 2 nitrogen and oxygen atoms in total. The monoisotopic (exact) mass is 198 g/mol. The number of esters is 1. The van der Waals surface area contributed by atoms with Crippen LogP contribution in [0.1, 0.15) is 52.9 Å². The van der Waals surface area contributed by atoms with Crippen molar-refractivity contribution in [2.24, 2.45) is 0 Å². The van der Waals surface area contributed by atoms with E-state index in [1.165, 1.54) is 6.42 Å². The van der Waals surface area contributed by atoms with Crippen LogP contribution < -0.4 is 0 Å². The highest BCUT2D eigenvalue weighted by molar-refractivity contribution is 5.69. The van der Waals surface area contributed by atoms with E-state index in [9.17, 15) is 4.79 Å². The van der Waals surface area contributed by atoms with Crippen LogP contribution in [-0.4, -0.2) is 12.1 Å². The Hall–Kier alpha value is -0.790. The van der Waals surface area contributed by atoms with Gasteiger partial charge in [0.1, 0.15) is 0 Å². The van der Waals surface area contributed by atoms with E-state index in [2.05, 4.69) is 12.2 Å². The Morgan fingerprint density at radius 3 is 2.57 bits per heavy atom. The Balaban J connectivity index is 3.23. The van der Waals surface area contributed by atoms with Crippen LogP contribution in [0.3, 0.4) is 0 Å². The number of hydrogen-bond donors (Lipinski definition) is 0. The minimum absolute atomic E-state index is 0.0190. The largest absolute Gasteiger partial charge is 0.463 e. The Bertz CT molecular complexity index is 171. The molecule has 0 aromatic carbocycles. The number of rotatable bonds is 7. The molecule has 0 saturated carbocycles. The molecule has 0 aliphatic heterocycles. The van der Waals surface area contributed by atoms with E-state index in [-0.39, 0.29) is 12.1 Å². The molecule has 0 spiro atoms. The first-order valence-corrected chi connectivity index (χ1v) is 5.47. The van der Waals surface area contributed by atoms with E-state index in [1.807, 2.05) is 20.8 Å². The molecule has 14 heavy (non-hydrogen) atoms. The molecule has 0 amide bonds. The lowest BCUT2D eigenvalue weighted by Crippen LogP contribution is -2.10. The second-order valence-corrected chi connectivity index (χ2v) is 3.71. The van der Waals surface area contributed by atoms with Crippen molar-refractivity contribution in [1.82, 2.24) is 0 Å². The van der Waals surface area contributed by atoms with Gasteiger partial charge in [0.05, 0.1) is 6.10 Å². The average Bonchev–Trinajstić information content (AvgIpc) is 2.10. The summed E-state index contributed by atoms with van der Waals surface area (Å²) in [5.74, 6) is -0.0639. The molecule has 0 saturated heterocycles. The standard InChI is InChI=1S/C12H22O2/c1-4-5-6-7-8-9-10-12(13)14-11(2)3/h4-5,11H,6-10H2,1-3H3. The molecule has 2 heteroatoms. The third kappa shape index (κ3) is 9.30. The highest BCUT2D eigenvalue weighted by atomic mass is 16.5. The number of carbonyl (C=O) groups excluding carboxylic acids is 1. The topological polar surface area (TPSA) is 26.3 Å². The summed E-state index contributed by atoms with van der Waals surface area (Å²) in [6.45, 7) is 5.79. The lowest BCUT2D eigenvalue weighted by molar-refractivity contribution is -0.147. The van der Waals surface area contributed by atoms with Crippen LogP contribution in [0.4, 0.5) is 0 Å². The molecule has 0 heterocycles. The molecule has 0 N–H and O–H groups in total. The van der Waals surface area contributed by atoms with Crippen molar-refractivity contribution in [1.29, 1.82) is 0 Å². The van der Waals surface area contributed by atoms with E-state index in [0.717, 1.165) is 19.3 Å². The van der Waals surface area contributed by atoms with Gasteiger partial charge in [0.25, 0.3) is 0 Å². The van der Waals surface area contributed by atoms with E-state index >= 15 is 0 Å². The summed E-state index contributed by atoms with van der Waals surface area (Å²) in [5, 5.41) is 0. The van der Waals surface area contributed by atoms with E-state index in [1.54, 1.807) is 0 Å². The van der Waals surface area contributed by atoms with Crippen LogP contribution in [0, 0.1) is 0 Å². The molecule has 0 fully saturated rings. The lowest BCUT2D eigenvalue weighted by atomic mass is 10.1. The number of allylic oxidation sites excluding steroid dienone is 2. The van der Waals surface area contributed by atoms with Gasteiger partial charge in [0, 0.05) is 6.42 Å². The molecule has 0 aliphatic rings. The van der Waals surface area contributed by atoms with Gasteiger partial charge in [-0.25, -0.2) is 0 Å². The first-order valence-electron chi connectivity index (χ1n) is 5.47. The summed E-state index contributed by atoms with van der Waals surface area (Å²) >= 11 is 0. The van der Waals surface area contributed by atoms with Crippen molar-refractivity contribution in [3.63, 3.8) is 0 Å². The molecule has 82 valence electrons.